The lowest BCUT2D eigenvalue weighted by Gasteiger charge is -2.16. The second-order valence-electron chi connectivity index (χ2n) is 7.04. The van der Waals surface area contributed by atoms with Crippen LogP contribution in [0.1, 0.15) is 17.5 Å². The SMILES string of the molecule is COCCN1C(=O)C(CC(=O)Nc2cccc(Cl)c2)SC1=Nc1ccc(C)cc1C. The van der Waals surface area contributed by atoms with E-state index < -0.39 is 5.25 Å². The first-order chi connectivity index (χ1) is 14.4. The first-order valence-electron chi connectivity index (χ1n) is 9.55. The molecule has 3 rings (SSSR count). The van der Waals surface area contributed by atoms with Crippen LogP contribution in [0.2, 0.25) is 5.02 Å². The van der Waals surface area contributed by atoms with Gasteiger partial charge in [0.05, 0.1) is 18.8 Å². The molecule has 0 aromatic heterocycles. The number of hydrogen-bond acceptors (Lipinski definition) is 5. The first kappa shape index (κ1) is 22.3. The standard InChI is InChI=1S/C22H24ClN3O3S/c1-14-7-8-18(15(2)11-14)25-22-26(9-10-29-3)21(28)19(30-22)13-20(27)24-17-6-4-5-16(23)12-17/h4-8,11-12,19H,9-10,13H2,1-3H3,(H,24,27). The summed E-state index contributed by atoms with van der Waals surface area (Å²) in [7, 11) is 1.59. The van der Waals surface area contributed by atoms with Crippen LogP contribution < -0.4 is 5.32 Å². The number of nitrogens with one attached hydrogen (secondary N) is 1. The van der Waals surface area contributed by atoms with Gasteiger partial charge in [-0.15, -0.1) is 0 Å². The monoisotopic (exact) mass is 445 g/mol. The average Bonchev–Trinajstić information content (AvgIpc) is 2.96. The number of amidine groups is 1. The number of thioether (sulfide) groups is 1. The Morgan fingerprint density at radius 2 is 2.07 bits per heavy atom. The molecule has 1 heterocycles. The van der Waals surface area contributed by atoms with Gasteiger partial charge in [-0.1, -0.05) is 47.1 Å². The maximum absolute atomic E-state index is 13.0. The number of benzene rings is 2. The molecule has 1 saturated heterocycles. The quantitative estimate of drug-likeness (QED) is 0.678. The summed E-state index contributed by atoms with van der Waals surface area (Å²) in [6.45, 7) is 4.79. The van der Waals surface area contributed by atoms with Gasteiger partial charge < -0.3 is 10.1 Å². The molecule has 1 aliphatic heterocycles. The summed E-state index contributed by atoms with van der Waals surface area (Å²) in [4.78, 5) is 31.8. The predicted octanol–water partition coefficient (Wildman–Crippen LogP) is 4.56. The maximum atomic E-state index is 13.0. The second-order valence-corrected chi connectivity index (χ2v) is 8.64. The number of anilines is 1. The van der Waals surface area contributed by atoms with Gasteiger partial charge in [-0.2, -0.15) is 0 Å². The molecular formula is C22H24ClN3O3S. The Bertz CT molecular complexity index is 980. The smallest absolute Gasteiger partial charge is 0.242 e. The number of ether oxygens (including phenoxy) is 1. The van der Waals surface area contributed by atoms with Crippen LogP contribution in [-0.2, 0) is 14.3 Å². The number of carbonyl (C=O) groups excluding carboxylic acids is 2. The number of aryl methyl sites for hydroxylation is 2. The Balaban J connectivity index is 1.76. The zero-order valence-corrected chi connectivity index (χ0v) is 18.7. The normalized spacial score (nSPS) is 17.6. The second kappa shape index (κ2) is 10.1. The average molecular weight is 446 g/mol. The van der Waals surface area contributed by atoms with E-state index in [4.69, 9.17) is 21.3 Å². The Morgan fingerprint density at radius 1 is 1.27 bits per heavy atom. The van der Waals surface area contributed by atoms with Crippen LogP contribution in [0.25, 0.3) is 0 Å². The molecule has 1 aliphatic rings. The topological polar surface area (TPSA) is 71.0 Å². The van der Waals surface area contributed by atoms with Gasteiger partial charge in [-0.25, -0.2) is 4.99 Å². The van der Waals surface area contributed by atoms with E-state index in [1.54, 1.807) is 36.3 Å². The van der Waals surface area contributed by atoms with Gasteiger partial charge in [0.25, 0.3) is 0 Å². The number of methoxy groups -OCH3 is 1. The zero-order valence-electron chi connectivity index (χ0n) is 17.1. The number of hydrogen-bond donors (Lipinski definition) is 1. The fourth-order valence-electron chi connectivity index (χ4n) is 3.09. The highest BCUT2D eigenvalue weighted by Gasteiger charge is 2.39. The number of aliphatic imine (C=N–C) groups is 1. The van der Waals surface area contributed by atoms with Gasteiger partial charge in [0, 0.05) is 24.2 Å². The van der Waals surface area contributed by atoms with Gasteiger partial charge >= 0.3 is 0 Å². The van der Waals surface area contributed by atoms with Crippen LogP contribution >= 0.6 is 23.4 Å². The highest BCUT2D eigenvalue weighted by molar-refractivity contribution is 8.15. The van der Waals surface area contributed by atoms with Crippen LogP contribution in [0.5, 0.6) is 0 Å². The minimum Gasteiger partial charge on any atom is -0.383 e. The maximum Gasteiger partial charge on any atom is 0.242 e. The molecule has 0 aliphatic carbocycles. The Morgan fingerprint density at radius 3 is 2.77 bits per heavy atom. The highest BCUT2D eigenvalue weighted by Crippen LogP contribution is 2.32. The number of nitrogens with zero attached hydrogens (tertiary/aromatic N) is 2. The molecule has 0 spiro atoms. The van der Waals surface area contributed by atoms with E-state index in [-0.39, 0.29) is 18.2 Å². The van der Waals surface area contributed by atoms with Crippen molar-refractivity contribution in [2.45, 2.75) is 25.5 Å². The summed E-state index contributed by atoms with van der Waals surface area (Å²) in [5.74, 6) is -0.385. The van der Waals surface area contributed by atoms with Crippen molar-refractivity contribution in [1.82, 2.24) is 4.90 Å². The minimum absolute atomic E-state index is 0.0470. The number of halogens is 1. The molecule has 1 unspecified atom stereocenters. The van der Waals surface area contributed by atoms with Gasteiger partial charge in [-0.05, 0) is 43.7 Å². The van der Waals surface area contributed by atoms with Crippen molar-refractivity contribution in [2.24, 2.45) is 4.99 Å². The van der Waals surface area contributed by atoms with E-state index in [0.717, 1.165) is 16.8 Å². The highest BCUT2D eigenvalue weighted by atomic mass is 35.5. The van der Waals surface area contributed by atoms with Gasteiger partial charge in [0.1, 0.15) is 5.25 Å². The summed E-state index contributed by atoms with van der Waals surface area (Å²) in [5, 5.41) is 3.38. The summed E-state index contributed by atoms with van der Waals surface area (Å²) in [6.07, 6.45) is 0.0470. The third-order valence-corrected chi connectivity index (χ3v) is 6.00. The summed E-state index contributed by atoms with van der Waals surface area (Å²) in [5.41, 5.74) is 3.59. The molecule has 30 heavy (non-hydrogen) atoms. The van der Waals surface area contributed by atoms with Crippen molar-refractivity contribution >= 4 is 51.7 Å². The Kier molecular flexibility index (Phi) is 7.53. The van der Waals surface area contributed by atoms with Crippen molar-refractivity contribution in [3.8, 4) is 0 Å². The molecule has 8 heteroatoms. The molecule has 0 bridgehead atoms. The van der Waals surface area contributed by atoms with Gasteiger partial charge in [0.15, 0.2) is 5.17 Å². The molecule has 0 saturated carbocycles. The van der Waals surface area contributed by atoms with E-state index in [1.165, 1.54) is 11.8 Å². The Hall–Kier alpha value is -2.35. The van der Waals surface area contributed by atoms with Crippen LogP contribution in [0.3, 0.4) is 0 Å². The van der Waals surface area contributed by atoms with Crippen LogP contribution in [0.15, 0.2) is 47.5 Å². The lowest BCUT2D eigenvalue weighted by atomic mass is 10.1. The summed E-state index contributed by atoms with van der Waals surface area (Å²) >= 11 is 7.28. The van der Waals surface area contributed by atoms with Crippen LogP contribution in [-0.4, -0.2) is 47.4 Å². The minimum atomic E-state index is -0.537. The van der Waals surface area contributed by atoms with E-state index in [0.29, 0.717) is 29.0 Å². The van der Waals surface area contributed by atoms with Crippen molar-refractivity contribution in [1.29, 1.82) is 0 Å². The van der Waals surface area contributed by atoms with Crippen molar-refractivity contribution in [2.75, 3.05) is 25.6 Å². The van der Waals surface area contributed by atoms with Crippen molar-refractivity contribution in [3.05, 3.63) is 58.6 Å². The van der Waals surface area contributed by atoms with Crippen LogP contribution in [0, 0.1) is 13.8 Å². The molecule has 2 aromatic rings. The van der Waals surface area contributed by atoms with E-state index >= 15 is 0 Å². The molecule has 0 radical (unpaired) electrons. The largest absolute Gasteiger partial charge is 0.383 e. The molecule has 2 aromatic carbocycles. The molecule has 6 nitrogen and oxygen atoms in total. The lowest BCUT2D eigenvalue weighted by molar-refractivity contribution is -0.128. The zero-order chi connectivity index (χ0) is 21.7. The molecular weight excluding hydrogens is 422 g/mol. The first-order valence-corrected chi connectivity index (χ1v) is 10.8. The lowest BCUT2D eigenvalue weighted by Crippen LogP contribution is -2.35. The molecule has 1 fully saturated rings. The fraction of sp³-hybridized carbons (Fsp3) is 0.318. The molecule has 1 atom stereocenters. The molecule has 2 amide bonds. The third kappa shape index (κ3) is 5.62. The summed E-state index contributed by atoms with van der Waals surface area (Å²) < 4.78 is 5.15. The predicted molar refractivity (Wildman–Crippen MR) is 123 cm³/mol. The fourth-order valence-corrected chi connectivity index (χ4v) is 4.46. The number of amides is 2. The third-order valence-electron chi connectivity index (χ3n) is 4.59. The number of rotatable bonds is 7. The Labute approximate surface area is 185 Å². The molecule has 158 valence electrons. The van der Waals surface area contributed by atoms with Gasteiger partial charge in [-0.3, -0.25) is 14.5 Å². The van der Waals surface area contributed by atoms with Crippen LogP contribution in [0.4, 0.5) is 11.4 Å². The van der Waals surface area contributed by atoms with E-state index in [9.17, 15) is 9.59 Å². The molecule has 1 N–H and O–H groups in total. The van der Waals surface area contributed by atoms with E-state index in [1.807, 2.05) is 26.0 Å². The van der Waals surface area contributed by atoms with Gasteiger partial charge in [0.2, 0.25) is 11.8 Å². The number of carbonyl (C=O) groups is 2. The van der Waals surface area contributed by atoms with Crippen molar-refractivity contribution < 1.29 is 14.3 Å². The van der Waals surface area contributed by atoms with Crippen molar-refractivity contribution in [3.63, 3.8) is 0 Å². The van der Waals surface area contributed by atoms with E-state index in [2.05, 4.69) is 11.4 Å². The summed E-state index contributed by atoms with van der Waals surface area (Å²) in [6, 6.07) is 12.9.